The number of rotatable bonds is 1. The van der Waals surface area contributed by atoms with Gasteiger partial charge in [0.25, 0.3) is 0 Å². The van der Waals surface area contributed by atoms with E-state index in [1.807, 2.05) is 98.9 Å². The summed E-state index contributed by atoms with van der Waals surface area (Å²) in [6.07, 6.45) is 29.9. The van der Waals surface area contributed by atoms with Gasteiger partial charge in [0.15, 0.2) is 0 Å². The van der Waals surface area contributed by atoms with Crippen LogP contribution >= 0.6 is 0 Å². The van der Waals surface area contributed by atoms with E-state index in [-0.39, 0.29) is 0 Å². The Hall–Kier alpha value is -3.20. The second kappa shape index (κ2) is 12.3. The number of nitroso groups, excluding NO2 is 1. The molecule has 0 bridgehead atoms. The van der Waals surface area contributed by atoms with Gasteiger partial charge in [-0.3, -0.25) is 0 Å². The first-order valence-electron chi connectivity index (χ1n) is 8.00. The monoisotopic (exact) mass is 332 g/mol. The van der Waals surface area contributed by atoms with Gasteiger partial charge in [0.05, 0.1) is 0 Å². The van der Waals surface area contributed by atoms with Crippen LogP contribution in [0, 0.1) is 4.91 Å². The fourth-order valence-electron chi connectivity index (χ4n) is 1.78. The summed E-state index contributed by atoms with van der Waals surface area (Å²) < 4.78 is 0. The molecule has 0 aliphatic heterocycles. The van der Waals surface area contributed by atoms with Crippen molar-refractivity contribution >= 4 is 0 Å². The van der Waals surface area contributed by atoms with Gasteiger partial charge in [-0.25, -0.2) is 0 Å². The lowest BCUT2D eigenvalue weighted by molar-refractivity contribution is 1.34. The maximum atomic E-state index is 10.9. The fraction of sp³-hybridized carbons (Fsp3) is 0.0909. The minimum Gasteiger partial charge on any atom is -0.399 e. The number of hydrogen-bond acceptors (Lipinski definition) is 3. The molecule has 1 rings (SSSR count). The molecule has 0 saturated heterocycles. The molecule has 0 unspecified atom stereocenters. The molecule has 1 aliphatic carbocycles. The Bertz CT molecular complexity index is 749. The van der Waals surface area contributed by atoms with Gasteiger partial charge in [0.1, 0.15) is 5.70 Å². The van der Waals surface area contributed by atoms with Crippen molar-refractivity contribution in [2.75, 3.05) is 0 Å². The zero-order chi connectivity index (χ0) is 18.3. The van der Waals surface area contributed by atoms with Gasteiger partial charge in [0, 0.05) is 5.70 Å². The molecule has 0 spiro atoms. The largest absolute Gasteiger partial charge is 0.399 e. The van der Waals surface area contributed by atoms with E-state index in [2.05, 4.69) is 5.18 Å². The lowest BCUT2D eigenvalue weighted by Gasteiger charge is -1.92. The molecule has 1 aliphatic rings. The van der Waals surface area contributed by atoms with Crippen LogP contribution in [-0.4, -0.2) is 0 Å². The molecule has 0 heterocycles. The second-order valence-corrected chi connectivity index (χ2v) is 5.38. The van der Waals surface area contributed by atoms with E-state index in [1.165, 1.54) is 0 Å². The van der Waals surface area contributed by atoms with Gasteiger partial charge < -0.3 is 5.73 Å². The van der Waals surface area contributed by atoms with Crippen LogP contribution in [0.1, 0.15) is 13.8 Å². The highest BCUT2D eigenvalue weighted by atomic mass is 16.3. The number of allylic oxidation sites excluding steroid dienone is 18. The van der Waals surface area contributed by atoms with Gasteiger partial charge in [0.2, 0.25) is 0 Å². The van der Waals surface area contributed by atoms with Crippen molar-refractivity contribution in [2.24, 2.45) is 10.9 Å². The molecule has 0 aromatic carbocycles. The Morgan fingerprint density at radius 1 is 0.680 bits per heavy atom. The Morgan fingerprint density at radius 3 is 1.92 bits per heavy atom. The summed E-state index contributed by atoms with van der Waals surface area (Å²) in [4.78, 5) is 10.9. The highest BCUT2D eigenvalue weighted by Crippen LogP contribution is 2.07. The molecule has 2 N–H and O–H groups in total. The summed E-state index contributed by atoms with van der Waals surface area (Å²) >= 11 is 0. The van der Waals surface area contributed by atoms with Crippen LogP contribution in [0.25, 0.3) is 0 Å². The summed E-state index contributed by atoms with van der Waals surface area (Å²) in [7, 11) is 0. The molecular formula is C22H24N2O. The quantitative estimate of drug-likeness (QED) is 0.624. The molecule has 3 nitrogen and oxygen atoms in total. The summed E-state index contributed by atoms with van der Waals surface area (Å²) in [6.45, 7) is 3.88. The number of nitrogens with zero attached hydrogens (tertiary/aromatic N) is 1. The summed E-state index contributed by atoms with van der Waals surface area (Å²) in [5.74, 6) is 0. The third-order valence-corrected chi connectivity index (χ3v) is 3.07. The van der Waals surface area contributed by atoms with Crippen LogP contribution in [0.3, 0.4) is 0 Å². The molecule has 0 aromatic rings. The van der Waals surface area contributed by atoms with Crippen molar-refractivity contribution in [3.05, 3.63) is 125 Å². The second-order valence-electron chi connectivity index (χ2n) is 5.38. The first-order valence-corrected chi connectivity index (χ1v) is 8.00. The Kier molecular flexibility index (Phi) is 9.72. The highest BCUT2D eigenvalue weighted by Gasteiger charge is 1.91. The third kappa shape index (κ3) is 10.2. The molecule has 25 heavy (non-hydrogen) atoms. The maximum Gasteiger partial charge on any atom is 0.108 e. The van der Waals surface area contributed by atoms with E-state index in [1.54, 1.807) is 12.2 Å². The molecule has 0 aromatic heterocycles. The molecule has 0 atom stereocenters. The fourth-order valence-corrected chi connectivity index (χ4v) is 1.78. The zero-order valence-electron chi connectivity index (χ0n) is 14.7. The van der Waals surface area contributed by atoms with Crippen LogP contribution in [0.4, 0.5) is 0 Å². The Morgan fingerprint density at radius 2 is 1.24 bits per heavy atom. The normalized spacial score (nSPS) is 29.4. The predicted octanol–water partition coefficient (Wildman–Crippen LogP) is 5.72. The van der Waals surface area contributed by atoms with E-state index in [9.17, 15) is 4.91 Å². The van der Waals surface area contributed by atoms with Gasteiger partial charge in [-0.1, -0.05) is 78.5 Å². The van der Waals surface area contributed by atoms with Crippen LogP contribution in [-0.2, 0) is 0 Å². The summed E-state index contributed by atoms with van der Waals surface area (Å²) in [5, 5.41) is 3.05. The molecule has 128 valence electrons. The van der Waals surface area contributed by atoms with Crippen molar-refractivity contribution < 1.29 is 0 Å². The minimum atomic E-state index is 0.376. The molecule has 0 amide bonds. The summed E-state index contributed by atoms with van der Waals surface area (Å²) in [6, 6.07) is 0. The van der Waals surface area contributed by atoms with Gasteiger partial charge >= 0.3 is 0 Å². The van der Waals surface area contributed by atoms with Gasteiger partial charge in [-0.15, -0.1) is 4.91 Å². The smallest absolute Gasteiger partial charge is 0.108 e. The first kappa shape index (κ1) is 19.8. The van der Waals surface area contributed by atoms with Gasteiger partial charge in [-0.05, 0) is 48.9 Å². The standard InChI is InChI=1S/C22H24N2O/c1-19-12-8-5-3-4-6-10-14-21(23)15-11-7-9-13-20(2)18-22(24-25)17-16-19/h3-18H,23H2,1-2H3/b4-3?,5-3-,6-4-,8-5?,9-7?,10-6?,11-7-,12-8?,13-9-,14-10-,15-11?,17-16?,19-12?,19-16?,20-13?,20-18-,21-14?,21-15+,22-17+,22-18?. The lowest BCUT2D eigenvalue weighted by Crippen LogP contribution is -1.90. The van der Waals surface area contributed by atoms with Crippen LogP contribution < -0.4 is 5.73 Å². The van der Waals surface area contributed by atoms with Crippen molar-refractivity contribution in [1.82, 2.24) is 0 Å². The highest BCUT2D eigenvalue weighted by molar-refractivity contribution is 5.35. The van der Waals surface area contributed by atoms with E-state index in [0.29, 0.717) is 11.4 Å². The van der Waals surface area contributed by atoms with Crippen LogP contribution in [0.5, 0.6) is 0 Å². The third-order valence-electron chi connectivity index (χ3n) is 3.07. The molecule has 0 fully saturated rings. The maximum absolute atomic E-state index is 10.9. The average molecular weight is 332 g/mol. The van der Waals surface area contributed by atoms with Crippen molar-refractivity contribution in [2.45, 2.75) is 13.8 Å². The average Bonchev–Trinajstić information content (AvgIpc) is 2.59. The van der Waals surface area contributed by atoms with E-state index < -0.39 is 0 Å². The number of nitrogens with two attached hydrogens (primary N) is 1. The van der Waals surface area contributed by atoms with Crippen molar-refractivity contribution in [3.63, 3.8) is 0 Å². The van der Waals surface area contributed by atoms with Crippen molar-refractivity contribution in [1.29, 1.82) is 0 Å². The van der Waals surface area contributed by atoms with Crippen LogP contribution in [0.2, 0.25) is 0 Å². The first-order chi connectivity index (χ1) is 12.1. The summed E-state index contributed by atoms with van der Waals surface area (Å²) in [5.41, 5.74) is 8.85. The molecule has 3 heteroatoms. The van der Waals surface area contributed by atoms with E-state index >= 15 is 0 Å². The predicted molar refractivity (Wildman–Crippen MR) is 109 cm³/mol. The zero-order valence-corrected chi connectivity index (χ0v) is 14.7. The topological polar surface area (TPSA) is 55.5 Å². The molecule has 0 radical (unpaired) electrons. The van der Waals surface area contributed by atoms with E-state index in [4.69, 9.17) is 5.73 Å². The molecule has 0 saturated carbocycles. The van der Waals surface area contributed by atoms with Crippen molar-refractivity contribution in [3.8, 4) is 0 Å². The van der Waals surface area contributed by atoms with Gasteiger partial charge in [-0.2, -0.15) is 0 Å². The van der Waals surface area contributed by atoms with E-state index in [0.717, 1.165) is 11.1 Å². The lowest BCUT2D eigenvalue weighted by atomic mass is 10.2. The Balaban J connectivity index is 3.11. The SMILES string of the molecule is CC1=C\C=C(N=O)/C=C(C)\C=C/C=C\C=C(N)/C=C\C=C/C=C\C=C1. The Labute approximate surface area is 150 Å². The molecular weight excluding hydrogens is 308 g/mol. The van der Waals surface area contributed by atoms with Crippen LogP contribution in [0.15, 0.2) is 125 Å². The number of hydrogen-bond donors (Lipinski definition) is 1. The minimum absolute atomic E-state index is 0.376.